The fraction of sp³-hybridized carbons (Fsp3) is 0.833. The zero-order chi connectivity index (χ0) is 6.32. The molecule has 51 valence electrons. The molecular weight excluding hydrogens is 118 g/mol. The maximum absolute atomic E-state index is 9.30. The van der Waals surface area contributed by atoms with Crippen molar-refractivity contribution in [2.24, 2.45) is 0 Å². The normalized spacial score (nSPS) is 39.0. The Labute approximate surface area is 54.0 Å². The number of hydrogen-bond acceptors (Lipinski definition) is 3. The highest BCUT2D eigenvalue weighted by Crippen LogP contribution is 2.32. The molecule has 2 rings (SSSR count). The summed E-state index contributed by atoms with van der Waals surface area (Å²) in [7, 11) is 0. The minimum absolute atomic E-state index is 0.279. The maximum atomic E-state index is 9.30. The Morgan fingerprint density at radius 2 is 2.56 bits per heavy atom. The molecule has 0 saturated carbocycles. The van der Waals surface area contributed by atoms with Crippen LogP contribution in [0.25, 0.3) is 0 Å². The van der Waals surface area contributed by atoms with Crippen LogP contribution in [0.1, 0.15) is 6.42 Å². The molecule has 0 aliphatic carbocycles. The average molecular weight is 128 g/mol. The molecule has 2 heterocycles. The molecule has 3 nitrogen and oxygen atoms in total. The third-order valence-electron chi connectivity index (χ3n) is 2.05. The molecule has 9 heavy (non-hydrogen) atoms. The molecule has 2 unspecified atom stereocenters. The van der Waals surface area contributed by atoms with Crippen molar-refractivity contribution < 1.29 is 9.84 Å². The van der Waals surface area contributed by atoms with Crippen molar-refractivity contribution in [1.82, 2.24) is 5.32 Å². The van der Waals surface area contributed by atoms with Crippen molar-refractivity contribution >= 4 is 0 Å². The van der Waals surface area contributed by atoms with E-state index in [1.165, 1.54) is 0 Å². The fourth-order valence-electron chi connectivity index (χ4n) is 1.31. The van der Waals surface area contributed by atoms with Crippen LogP contribution < -0.4 is 5.32 Å². The van der Waals surface area contributed by atoms with Crippen molar-refractivity contribution in [3.8, 4) is 0 Å². The highest BCUT2D eigenvalue weighted by molar-refractivity contribution is 5.11. The summed E-state index contributed by atoms with van der Waals surface area (Å²) >= 11 is 0. The van der Waals surface area contributed by atoms with Gasteiger partial charge in [0, 0.05) is 6.54 Å². The van der Waals surface area contributed by atoms with Gasteiger partial charge in [-0.25, -0.2) is 0 Å². The van der Waals surface area contributed by atoms with Crippen LogP contribution in [-0.2, 0) is 4.74 Å². The van der Waals surface area contributed by atoms with Crippen LogP contribution in [-0.4, -0.2) is 30.0 Å². The van der Waals surface area contributed by atoms with Crippen LogP contribution in [0.2, 0.25) is 0 Å². The predicted molar refractivity (Wildman–Crippen MR) is 31.6 cm³/mol. The Morgan fingerprint density at radius 1 is 1.78 bits per heavy atom. The first-order valence-corrected chi connectivity index (χ1v) is 3.23. The monoisotopic (exact) mass is 128 g/mol. The lowest BCUT2D eigenvalue weighted by molar-refractivity contribution is -0.0655. The number of hydrogen-bond donors (Lipinski definition) is 2. The molecule has 2 fully saturated rings. The summed E-state index contributed by atoms with van der Waals surface area (Å²) in [5.41, 5.74) is -0.306. The van der Waals surface area contributed by atoms with Gasteiger partial charge < -0.3 is 15.2 Å². The third kappa shape index (κ3) is 0.625. The van der Waals surface area contributed by atoms with Gasteiger partial charge in [-0.2, -0.15) is 0 Å². The summed E-state index contributed by atoms with van der Waals surface area (Å²) in [6, 6.07) is 0. The Balaban J connectivity index is 2.09. The molecule has 2 N–H and O–H groups in total. The Hall–Kier alpha value is -0.120. The highest BCUT2D eigenvalue weighted by Gasteiger charge is 2.48. The van der Waals surface area contributed by atoms with Crippen molar-refractivity contribution in [2.45, 2.75) is 18.1 Å². The molecule has 1 spiro atoms. The van der Waals surface area contributed by atoms with E-state index in [4.69, 9.17) is 4.74 Å². The number of aliphatic hydroxyl groups is 1. The first-order valence-electron chi connectivity index (χ1n) is 3.23. The lowest BCUT2D eigenvalue weighted by Gasteiger charge is -2.39. The van der Waals surface area contributed by atoms with Gasteiger partial charge in [0.25, 0.3) is 0 Å². The number of nitrogens with one attached hydrogen (secondary N) is 1. The Morgan fingerprint density at radius 3 is 2.78 bits per heavy atom. The zero-order valence-electron chi connectivity index (χ0n) is 5.13. The summed E-state index contributed by atoms with van der Waals surface area (Å²) in [5, 5.41) is 12.3. The van der Waals surface area contributed by atoms with E-state index < -0.39 is 0 Å². The largest absolute Gasteiger partial charge is 0.390 e. The van der Waals surface area contributed by atoms with E-state index in [1.807, 2.05) is 6.54 Å². The summed E-state index contributed by atoms with van der Waals surface area (Å²) in [5.74, 6) is 0. The van der Waals surface area contributed by atoms with Crippen LogP contribution in [0.3, 0.4) is 0 Å². The maximum Gasteiger partial charge on any atom is 0.123 e. The molecule has 2 saturated heterocycles. The van der Waals surface area contributed by atoms with Gasteiger partial charge >= 0.3 is 0 Å². The second-order valence-corrected chi connectivity index (χ2v) is 2.63. The summed E-state index contributed by atoms with van der Waals surface area (Å²) < 4.78 is 5.32. The molecular formula is C6H10NO2. The Bertz CT molecular complexity index is 122. The van der Waals surface area contributed by atoms with E-state index in [0.29, 0.717) is 6.61 Å². The molecule has 0 aromatic heterocycles. The molecule has 2 atom stereocenters. The quantitative estimate of drug-likeness (QED) is 0.452. The van der Waals surface area contributed by atoms with Gasteiger partial charge in [0.2, 0.25) is 0 Å². The first kappa shape index (κ1) is 5.65. The van der Waals surface area contributed by atoms with E-state index in [2.05, 4.69) is 5.32 Å². The van der Waals surface area contributed by atoms with Gasteiger partial charge in [0.15, 0.2) is 0 Å². The first-order chi connectivity index (χ1) is 4.33. The fourth-order valence-corrected chi connectivity index (χ4v) is 1.31. The van der Waals surface area contributed by atoms with Crippen LogP contribution in [0, 0.1) is 6.54 Å². The van der Waals surface area contributed by atoms with Crippen LogP contribution in [0.15, 0.2) is 0 Å². The molecule has 3 heteroatoms. The average Bonchev–Trinajstić information content (AvgIpc) is 2.07. The summed E-state index contributed by atoms with van der Waals surface area (Å²) in [4.78, 5) is 0. The molecule has 2 aliphatic heterocycles. The van der Waals surface area contributed by atoms with Crippen LogP contribution in [0.4, 0.5) is 0 Å². The smallest absolute Gasteiger partial charge is 0.123 e. The van der Waals surface area contributed by atoms with Crippen molar-refractivity contribution in [2.75, 3.05) is 13.2 Å². The lowest BCUT2D eigenvalue weighted by Crippen LogP contribution is -2.60. The molecule has 1 radical (unpaired) electrons. The van der Waals surface area contributed by atoms with Gasteiger partial charge in [0.1, 0.15) is 5.60 Å². The summed E-state index contributed by atoms with van der Waals surface area (Å²) in [6.07, 6.45) is 0.497. The minimum Gasteiger partial charge on any atom is -0.390 e. The lowest BCUT2D eigenvalue weighted by atomic mass is 9.91. The van der Waals surface area contributed by atoms with E-state index in [0.717, 1.165) is 13.0 Å². The highest BCUT2D eigenvalue weighted by atomic mass is 16.5. The summed E-state index contributed by atoms with van der Waals surface area (Å²) in [6.45, 7) is 3.30. The van der Waals surface area contributed by atoms with Gasteiger partial charge in [-0.3, -0.25) is 0 Å². The molecule has 0 bridgehead atoms. The third-order valence-corrected chi connectivity index (χ3v) is 2.05. The SMILES string of the molecule is OC1CCOC12[CH]NC2. The molecule has 0 aromatic rings. The van der Waals surface area contributed by atoms with E-state index in [9.17, 15) is 5.11 Å². The minimum atomic E-state index is -0.306. The predicted octanol–water partition coefficient (Wildman–Crippen LogP) is -0.729. The number of rotatable bonds is 0. The zero-order valence-corrected chi connectivity index (χ0v) is 5.13. The van der Waals surface area contributed by atoms with Crippen LogP contribution in [0.5, 0.6) is 0 Å². The van der Waals surface area contributed by atoms with E-state index >= 15 is 0 Å². The molecule has 0 aromatic carbocycles. The van der Waals surface area contributed by atoms with Crippen molar-refractivity contribution in [1.29, 1.82) is 0 Å². The van der Waals surface area contributed by atoms with E-state index in [1.54, 1.807) is 0 Å². The second-order valence-electron chi connectivity index (χ2n) is 2.63. The van der Waals surface area contributed by atoms with Crippen molar-refractivity contribution in [3.63, 3.8) is 0 Å². The topological polar surface area (TPSA) is 41.5 Å². The second kappa shape index (κ2) is 1.68. The van der Waals surface area contributed by atoms with Gasteiger partial charge in [0.05, 0.1) is 19.3 Å². The van der Waals surface area contributed by atoms with Crippen LogP contribution >= 0.6 is 0 Å². The molecule has 2 aliphatic rings. The number of aliphatic hydroxyl groups excluding tert-OH is 1. The number of ether oxygens (including phenoxy) is 1. The van der Waals surface area contributed by atoms with Crippen molar-refractivity contribution in [3.05, 3.63) is 6.54 Å². The van der Waals surface area contributed by atoms with Gasteiger partial charge in [-0.05, 0) is 6.42 Å². The van der Waals surface area contributed by atoms with Gasteiger partial charge in [-0.15, -0.1) is 0 Å². The standard InChI is InChI=1S/C6H10NO2/c8-5-1-2-9-6(5)3-7-4-6/h3,5,7-8H,1-2,4H2. The van der Waals surface area contributed by atoms with Gasteiger partial charge in [-0.1, -0.05) is 0 Å². The van der Waals surface area contributed by atoms with E-state index in [-0.39, 0.29) is 11.7 Å². The Kier molecular flexibility index (Phi) is 1.06. The molecule has 0 amide bonds.